The predicted molar refractivity (Wildman–Crippen MR) is 111 cm³/mol. The maximum absolute atomic E-state index is 13.3. The van der Waals surface area contributed by atoms with Crippen molar-refractivity contribution in [2.24, 2.45) is 0 Å². The van der Waals surface area contributed by atoms with Gasteiger partial charge >= 0.3 is 6.18 Å². The summed E-state index contributed by atoms with van der Waals surface area (Å²) in [6.07, 6.45) is 2.06. The topological polar surface area (TPSA) is 76.5 Å². The normalized spacial score (nSPS) is 12.7. The first-order chi connectivity index (χ1) is 14.7. The van der Waals surface area contributed by atoms with Gasteiger partial charge in [-0.2, -0.15) is 13.2 Å². The standard InChI is InChI=1S/C22H19F3N6/c1-12-17(5-4-6-19(12)22(23,24)25)13(2)29-21-18-7-15(16-8-26-11-27-9-16)10-28-20(18)30-14(3)31-21/h4-11,13H,1-3H3,(H,28,29,30,31). The Morgan fingerprint density at radius 1 is 0.968 bits per heavy atom. The lowest BCUT2D eigenvalue weighted by molar-refractivity contribution is -0.138. The number of rotatable bonds is 4. The Balaban J connectivity index is 1.76. The van der Waals surface area contributed by atoms with Gasteiger partial charge in [0.2, 0.25) is 0 Å². The van der Waals surface area contributed by atoms with Crippen LogP contribution in [0, 0.1) is 13.8 Å². The van der Waals surface area contributed by atoms with Crippen LogP contribution in [0.15, 0.2) is 49.2 Å². The Hall–Kier alpha value is -3.62. The lowest BCUT2D eigenvalue weighted by Crippen LogP contribution is -2.14. The molecule has 1 atom stereocenters. The van der Waals surface area contributed by atoms with E-state index in [9.17, 15) is 13.2 Å². The Morgan fingerprint density at radius 3 is 2.42 bits per heavy atom. The minimum Gasteiger partial charge on any atom is -0.363 e. The van der Waals surface area contributed by atoms with E-state index in [0.29, 0.717) is 28.2 Å². The first-order valence-electron chi connectivity index (χ1n) is 9.57. The Morgan fingerprint density at radius 2 is 1.71 bits per heavy atom. The Labute approximate surface area is 176 Å². The van der Waals surface area contributed by atoms with Crippen molar-refractivity contribution in [1.82, 2.24) is 24.9 Å². The second-order valence-electron chi connectivity index (χ2n) is 7.23. The maximum Gasteiger partial charge on any atom is 0.416 e. The molecule has 0 amide bonds. The molecule has 3 heterocycles. The van der Waals surface area contributed by atoms with E-state index >= 15 is 0 Å². The number of benzene rings is 1. The van der Waals surface area contributed by atoms with Crippen molar-refractivity contribution >= 4 is 16.9 Å². The fraction of sp³-hybridized carbons (Fsp3) is 0.227. The van der Waals surface area contributed by atoms with Gasteiger partial charge in [-0.1, -0.05) is 12.1 Å². The molecular weight excluding hydrogens is 405 g/mol. The second kappa shape index (κ2) is 7.90. The number of nitrogens with zero attached hydrogens (tertiary/aromatic N) is 5. The molecule has 1 aromatic carbocycles. The summed E-state index contributed by atoms with van der Waals surface area (Å²) in [6.45, 7) is 5.02. The number of hydrogen-bond acceptors (Lipinski definition) is 6. The molecule has 0 spiro atoms. The van der Waals surface area contributed by atoms with Gasteiger partial charge in [0.15, 0.2) is 5.65 Å². The molecule has 3 aromatic heterocycles. The number of halogens is 3. The molecule has 0 saturated carbocycles. The quantitative estimate of drug-likeness (QED) is 0.480. The van der Waals surface area contributed by atoms with Gasteiger partial charge in [-0.05, 0) is 44.0 Å². The van der Waals surface area contributed by atoms with Crippen molar-refractivity contribution in [2.75, 3.05) is 5.32 Å². The summed E-state index contributed by atoms with van der Waals surface area (Å²) in [5.74, 6) is 1.00. The first-order valence-corrected chi connectivity index (χ1v) is 9.57. The van der Waals surface area contributed by atoms with Crippen LogP contribution in [-0.2, 0) is 6.18 Å². The molecule has 9 heteroatoms. The van der Waals surface area contributed by atoms with Gasteiger partial charge < -0.3 is 5.32 Å². The lowest BCUT2D eigenvalue weighted by Gasteiger charge is -2.21. The fourth-order valence-corrected chi connectivity index (χ4v) is 3.55. The molecule has 1 unspecified atom stereocenters. The van der Waals surface area contributed by atoms with Crippen molar-refractivity contribution in [3.05, 3.63) is 71.7 Å². The minimum atomic E-state index is -4.41. The summed E-state index contributed by atoms with van der Waals surface area (Å²) in [7, 11) is 0. The number of aryl methyl sites for hydroxylation is 1. The molecule has 4 rings (SSSR count). The lowest BCUT2D eigenvalue weighted by atomic mass is 9.97. The zero-order valence-corrected chi connectivity index (χ0v) is 17.1. The monoisotopic (exact) mass is 424 g/mol. The highest BCUT2D eigenvalue weighted by molar-refractivity contribution is 5.90. The molecule has 0 fully saturated rings. The number of alkyl halides is 3. The number of aromatic nitrogens is 5. The van der Waals surface area contributed by atoms with Crippen LogP contribution in [0.4, 0.5) is 19.0 Å². The van der Waals surface area contributed by atoms with Crippen LogP contribution >= 0.6 is 0 Å². The molecule has 1 N–H and O–H groups in total. The minimum absolute atomic E-state index is 0.185. The van der Waals surface area contributed by atoms with Crippen LogP contribution in [0.25, 0.3) is 22.2 Å². The highest BCUT2D eigenvalue weighted by Crippen LogP contribution is 2.35. The molecule has 31 heavy (non-hydrogen) atoms. The van der Waals surface area contributed by atoms with Gasteiger partial charge in [0, 0.05) is 29.7 Å². The number of pyridine rings is 1. The van der Waals surface area contributed by atoms with Crippen LogP contribution in [0.1, 0.15) is 35.5 Å². The average Bonchev–Trinajstić information content (AvgIpc) is 2.73. The van der Waals surface area contributed by atoms with Crippen molar-refractivity contribution in [1.29, 1.82) is 0 Å². The van der Waals surface area contributed by atoms with Gasteiger partial charge in [-0.25, -0.2) is 24.9 Å². The summed E-state index contributed by atoms with van der Waals surface area (Å²) in [5, 5.41) is 3.91. The van der Waals surface area contributed by atoms with E-state index in [1.54, 1.807) is 38.5 Å². The molecule has 158 valence electrons. The average molecular weight is 424 g/mol. The summed E-state index contributed by atoms with van der Waals surface area (Å²) < 4.78 is 40.0. The van der Waals surface area contributed by atoms with Gasteiger partial charge in [0.05, 0.1) is 17.0 Å². The van der Waals surface area contributed by atoms with E-state index in [0.717, 1.165) is 17.2 Å². The Kier molecular flexibility index (Phi) is 5.26. The number of nitrogens with one attached hydrogen (secondary N) is 1. The summed E-state index contributed by atoms with van der Waals surface area (Å²) >= 11 is 0. The number of anilines is 1. The zero-order valence-electron chi connectivity index (χ0n) is 17.1. The maximum atomic E-state index is 13.3. The van der Waals surface area contributed by atoms with E-state index in [4.69, 9.17) is 0 Å². The SMILES string of the molecule is Cc1nc(NC(C)c2cccc(C(F)(F)F)c2C)c2cc(-c3cncnc3)cnc2n1. The summed E-state index contributed by atoms with van der Waals surface area (Å²) in [6, 6.07) is 5.64. The van der Waals surface area contributed by atoms with Crippen molar-refractivity contribution < 1.29 is 13.2 Å². The fourth-order valence-electron chi connectivity index (χ4n) is 3.55. The van der Waals surface area contributed by atoms with Crippen LogP contribution in [0.2, 0.25) is 0 Å². The third-order valence-corrected chi connectivity index (χ3v) is 5.06. The first kappa shape index (κ1) is 20.6. The van der Waals surface area contributed by atoms with E-state index in [1.807, 2.05) is 6.07 Å². The largest absolute Gasteiger partial charge is 0.416 e. The third-order valence-electron chi connectivity index (χ3n) is 5.06. The van der Waals surface area contributed by atoms with Gasteiger partial charge in [-0.3, -0.25) is 0 Å². The molecule has 0 aliphatic rings. The van der Waals surface area contributed by atoms with Gasteiger partial charge in [0.1, 0.15) is 18.0 Å². The molecule has 4 aromatic rings. The van der Waals surface area contributed by atoms with Crippen LogP contribution in [0.3, 0.4) is 0 Å². The predicted octanol–water partition coefficient (Wildman–Crippen LogP) is 5.29. The summed E-state index contributed by atoms with van der Waals surface area (Å²) in [4.78, 5) is 21.3. The molecule has 0 bridgehead atoms. The van der Waals surface area contributed by atoms with Gasteiger partial charge in [-0.15, -0.1) is 0 Å². The van der Waals surface area contributed by atoms with Crippen LogP contribution in [0.5, 0.6) is 0 Å². The summed E-state index contributed by atoms with van der Waals surface area (Å²) in [5.41, 5.74) is 2.14. The molecule has 6 nitrogen and oxygen atoms in total. The molecule has 0 radical (unpaired) electrons. The van der Waals surface area contributed by atoms with Crippen LogP contribution < -0.4 is 5.32 Å². The third kappa shape index (κ3) is 4.16. The van der Waals surface area contributed by atoms with Crippen molar-refractivity contribution in [3.63, 3.8) is 0 Å². The Bertz CT molecular complexity index is 1240. The van der Waals surface area contributed by atoms with Crippen molar-refractivity contribution in [2.45, 2.75) is 33.0 Å². The van der Waals surface area contributed by atoms with E-state index < -0.39 is 17.8 Å². The van der Waals surface area contributed by atoms with Gasteiger partial charge in [0.25, 0.3) is 0 Å². The molecule has 0 saturated heterocycles. The van der Waals surface area contributed by atoms with E-state index in [1.165, 1.54) is 19.3 Å². The van der Waals surface area contributed by atoms with E-state index in [2.05, 4.69) is 30.2 Å². The number of hydrogen-bond donors (Lipinski definition) is 1. The van der Waals surface area contributed by atoms with Crippen molar-refractivity contribution in [3.8, 4) is 11.1 Å². The van der Waals surface area contributed by atoms with E-state index in [-0.39, 0.29) is 5.56 Å². The molecule has 0 aliphatic heterocycles. The smallest absolute Gasteiger partial charge is 0.363 e. The highest BCUT2D eigenvalue weighted by atomic mass is 19.4. The number of fused-ring (bicyclic) bond motifs is 1. The highest BCUT2D eigenvalue weighted by Gasteiger charge is 2.33. The molecular formula is C22H19F3N6. The molecule has 0 aliphatic carbocycles. The van der Waals surface area contributed by atoms with Crippen LogP contribution in [-0.4, -0.2) is 24.9 Å². The second-order valence-corrected chi connectivity index (χ2v) is 7.23. The zero-order chi connectivity index (χ0) is 22.2.